The Morgan fingerprint density at radius 3 is 1.82 bits per heavy atom. The van der Waals surface area contributed by atoms with Gasteiger partial charge in [0.1, 0.15) is 0 Å². The molecule has 74 heavy (non-hydrogen) atoms. The fourth-order valence-electron chi connectivity index (χ4n) is 12.0. The topological polar surface area (TPSA) is 16.3 Å². The normalized spacial score (nSPS) is 14.7. The zero-order chi connectivity index (χ0) is 49.1. The van der Waals surface area contributed by atoms with Crippen LogP contribution in [0.25, 0.3) is 79.0 Å². The van der Waals surface area contributed by atoms with Crippen LogP contribution in [0, 0.1) is 5.92 Å². The van der Waals surface area contributed by atoms with Crippen molar-refractivity contribution in [3.05, 3.63) is 270 Å². The lowest BCUT2D eigenvalue weighted by molar-refractivity contribution is 0.690. The maximum atomic E-state index is 2.49. The lowest BCUT2D eigenvalue weighted by Crippen LogP contribution is -2.18. The third kappa shape index (κ3) is 7.44. The predicted molar refractivity (Wildman–Crippen MR) is 314 cm³/mol. The van der Waals surface area contributed by atoms with Gasteiger partial charge in [0, 0.05) is 78.4 Å². The van der Waals surface area contributed by atoms with Crippen LogP contribution in [0.4, 0.5) is 28.4 Å². The van der Waals surface area contributed by atoms with Crippen molar-refractivity contribution in [2.45, 2.75) is 32.6 Å². The number of benzene rings is 9. The van der Waals surface area contributed by atoms with E-state index in [2.05, 4.69) is 281 Å². The molecule has 0 bridgehead atoms. The molecular formula is C70H54N4. The van der Waals surface area contributed by atoms with Gasteiger partial charge >= 0.3 is 0 Å². The van der Waals surface area contributed by atoms with Gasteiger partial charge in [-0.1, -0.05) is 165 Å². The van der Waals surface area contributed by atoms with Gasteiger partial charge in [-0.15, -0.1) is 0 Å². The minimum Gasteiger partial charge on any atom is -0.313 e. The summed E-state index contributed by atoms with van der Waals surface area (Å²) in [6.07, 6.45) is 20.3. The second-order valence-corrected chi connectivity index (χ2v) is 20.0. The summed E-state index contributed by atoms with van der Waals surface area (Å²) in [6.45, 7) is 2.32. The number of aryl methyl sites for hydroxylation is 1. The molecule has 3 aliphatic rings. The molecule has 11 aromatic rings. The van der Waals surface area contributed by atoms with Crippen molar-refractivity contribution in [1.82, 2.24) is 9.13 Å². The molecule has 354 valence electrons. The highest BCUT2D eigenvalue weighted by atomic mass is 15.2. The lowest BCUT2D eigenvalue weighted by Gasteiger charge is -2.31. The van der Waals surface area contributed by atoms with Gasteiger partial charge in [0.05, 0.1) is 22.4 Å². The van der Waals surface area contributed by atoms with E-state index in [4.69, 9.17) is 0 Å². The smallest absolute Gasteiger partial charge is 0.0542 e. The molecule has 0 N–H and O–H groups in total. The van der Waals surface area contributed by atoms with E-state index >= 15 is 0 Å². The first kappa shape index (κ1) is 43.7. The maximum Gasteiger partial charge on any atom is 0.0542 e. The molecule has 4 nitrogen and oxygen atoms in total. The highest BCUT2D eigenvalue weighted by molar-refractivity contribution is 6.03. The van der Waals surface area contributed by atoms with E-state index < -0.39 is 0 Å². The van der Waals surface area contributed by atoms with E-state index in [0.29, 0.717) is 5.92 Å². The van der Waals surface area contributed by atoms with Crippen molar-refractivity contribution in [1.29, 1.82) is 0 Å². The number of fused-ring (bicyclic) bond motifs is 8. The van der Waals surface area contributed by atoms with Crippen LogP contribution in [0.5, 0.6) is 0 Å². The summed E-state index contributed by atoms with van der Waals surface area (Å²) >= 11 is 0. The van der Waals surface area contributed by atoms with E-state index in [1.54, 1.807) is 0 Å². The molecule has 0 radical (unpaired) electrons. The zero-order valence-corrected chi connectivity index (χ0v) is 41.4. The first-order valence-corrected chi connectivity index (χ1v) is 26.2. The molecular weight excluding hydrogens is 897 g/mol. The van der Waals surface area contributed by atoms with Crippen LogP contribution in [0.3, 0.4) is 0 Å². The molecule has 0 aliphatic heterocycles. The van der Waals surface area contributed by atoms with Gasteiger partial charge in [-0.3, -0.25) is 0 Å². The van der Waals surface area contributed by atoms with Gasteiger partial charge in [-0.2, -0.15) is 0 Å². The SMILES string of the molecule is CC1C=Cc2c(n(-c3ccccc3)c3ccc(N(C4=CCCc5ccccc54)c4ccc(-c5ccc(N(c6ccc7c(c6)c6c(n7-c7ccccc7)C=CCC=C6)c6cccc7ccccc67)cc5)cc4)cc23)C1. The summed E-state index contributed by atoms with van der Waals surface area (Å²) in [5.74, 6) is 0.479. The Balaban J connectivity index is 0.860. The maximum absolute atomic E-state index is 2.49. The van der Waals surface area contributed by atoms with Gasteiger partial charge in [0.25, 0.3) is 0 Å². The molecule has 1 unspecified atom stereocenters. The van der Waals surface area contributed by atoms with E-state index in [1.807, 2.05) is 0 Å². The molecule has 9 aromatic carbocycles. The van der Waals surface area contributed by atoms with E-state index in [1.165, 1.54) is 88.7 Å². The summed E-state index contributed by atoms with van der Waals surface area (Å²) in [5, 5.41) is 4.92. The Hall–Kier alpha value is -9.12. The third-order valence-corrected chi connectivity index (χ3v) is 15.5. The van der Waals surface area contributed by atoms with Crippen molar-refractivity contribution < 1.29 is 0 Å². The van der Waals surface area contributed by atoms with Crippen molar-refractivity contribution in [3.63, 3.8) is 0 Å². The summed E-state index contributed by atoms with van der Waals surface area (Å²) in [5.41, 5.74) is 21.9. The lowest BCUT2D eigenvalue weighted by atomic mass is 9.92. The molecule has 0 saturated heterocycles. The van der Waals surface area contributed by atoms with E-state index in [-0.39, 0.29) is 0 Å². The number of hydrogen-bond donors (Lipinski definition) is 0. The quantitative estimate of drug-likeness (QED) is 0.143. The van der Waals surface area contributed by atoms with Crippen LogP contribution in [0.1, 0.15) is 53.4 Å². The van der Waals surface area contributed by atoms with Crippen LogP contribution in [-0.2, 0) is 12.8 Å². The standard InChI is InChI=1S/C70H54N4/c1-48-31-42-62-64-47-58(41-44-69(64)74(70(62)45-48)54-23-7-3-8-24-54)72(66-30-16-20-52-18-12-14-26-60(52)66)56-38-34-50(35-39-56)49-32-36-55(37-33-49)71(65-29-15-19-51-17-11-13-25-59(51)65)57-40-43-68-63(46-57)61-27-9-4-10-28-67(61)73(68)53-21-5-2-6-22-53/h2-3,5-15,17-19,21-44,46-48H,4,16,20,45H2,1H3. The van der Waals surface area contributed by atoms with Gasteiger partial charge in [0.15, 0.2) is 0 Å². The second kappa shape index (κ2) is 18.2. The van der Waals surface area contributed by atoms with Crippen LogP contribution >= 0.6 is 0 Å². The zero-order valence-electron chi connectivity index (χ0n) is 41.4. The number of allylic oxidation sites excluding steroid dienone is 4. The Kier molecular flexibility index (Phi) is 10.7. The van der Waals surface area contributed by atoms with Crippen LogP contribution in [0.15, 0.2) is 237 Å². The van der Waals surface area contributed by atoms with Crippen molar-refractivity contribution in [3.8, 4) is 22.5 Å². The molecule has 0 spiro atoms. The third-order valence-electron chi connectivity index (χ3n) is 15.5. The van der Waals surface area contributed by atoms with Gasteiger partial charge in [0.2, 0.25) is 0 Å². The minimum atomic E-state index is 0.479. The number of anilines is 5. The summed E-state index contributed by atoms with van der Waals surface area (Å²) in [7, 11) is 0. The summed E-state index contributed by atoms with van der Waals surface area (Å²) in [4.78, 5) is 4.92. The number of rotatable bonds is 9. The fourth-order valence-corrected chi connectivity index (χ4v) is 12.0. The molecule has 2 aromatic heterocycles. The number of para-hydroxylation sites is 2. The Morgan fingerprint density at radius 1 is 0.473 bits per heavy atom. The highest BCUT2D eigenvalue weighted by Crippen LogP contribution is 2.45. The van der Waals surface area contributed by atoms with Crippen LogP contribution in [0.2, 0.25) is 0 Å². The molecule has 0 fully saturated rings. The average Bonchev–Trinajstić information content (AvgIpc) is 3.84. The molecule has 2 heterocycles. The Labute approximate surface area is 433 Å². The molecule has 4 heteroatoms. The molecule has 14 rings (SSSR count). The largest absolute Gasteiger partial charge is 0.313 e. The number of hydrogen-bond acceptors (Lipinski definition) is 2. The second-order valence-electron chi connectivity index (χ2n) is 20.0. The molecule has 0 saturated carbocycles. The monoisotopic (exact) mass is 950 g/mol. The number of nitrogens with zero attached hydrogens (tertiary/aromatic N) is 4. The van der Waals surface area contributed by atoms with Crippen LogP contribution in [-0.4, -0.2) is 9.13 Å². The van der Waals surface area contributed by atoms with Gasteiger partial charge < -0.3 is 18.9 Å². The first-order chi connectivity index (χ1) is 36.6. The fraction of sp³-hybridized carbons (Fsp3) is 0.0857. The highest BCUT2D eigenvalue weighted by Gasteiger charge is 2.26. The minimum absolute atomic E-state index is 0.479. The average molecular weight is 951 g/mol. The van der Waals surface area contributed by atoms with Crippen molar-refractivity contribution in [2.75, 3.05) is 9.80 Å². The van der Waals surface area contributed by atoms with E-state index in [9.17, 15) is 0 Å². The molecule has 0 amide bonds. The van der Waals surface area contributed by atoms with E-state index in [0.717, 1.165) is 59.8 Å². The Bertz CT molecular complexity index is 4070. The first-order valence-electron chi connectivity index (χ1n) is 26.2. The van der Waals surface area contributed by atoms with Gasteiger partial charge in [-0.25, -0.2) is 0 Å². The molecule has 1 atom stereocenters. The predicted octanol–water partition coefficient (Wildman–Crippen LogP) is 18.6. The van der Waals surface area contributed by atoms with Gasteiger partial charge in [-0.05, 0) is 151 Å². The summed E-state index contributed by atoms with van der Waals surface area (Å²) < 4.78 is 4.89. The van der Waals surface area contributed by atoms with Crippen molar-refractivity contribution in [2.24, 2.45) is 5.92 Å². The van der Waals surface area contributed by atoms with Crippen molar-refractivity contribution >= 4 is 84.9 Å². The Morgan fingerprint density at radius 2 is 1.07 bits per heavy atom. The molecule has 3 aliphatic carbocycles. The number of aromatic nitrogens is 2. The van der Waals surface area contributed by atoms with Crippen LogP contribution < -0.4 is 9.80 Å². The summed E-state index contributed by atoms with van der Waals surface area (Å²) in [6, 6.07) is 78.3.